The molecule has 1 aliphatic heterocycles. The molecule has 2 rings (SSSR count). The second-order valence-corrected chi connectivity index (χ2v) is 8.34. The number of urea groups is 1. The van der Waals surface area contributed by atoms with Gasteiger partial charge in [-0.15, -0.1) is 0 Å². The van der Waals surface area contributed by atoms with Crippen molar-refractivity contribution >= 4 is 39.5 Å². The Labute approximate surface area is 162 Å². The van der Waals surface area contributed by atoms with Crippen molar-refractivity contribution in [3.8, 4) is 0 Å². The maximum Gasteiger partial charge on any atom is 0.324 e. The van der Waals surface area contributed by atoms with E-state index in [4.69, 9.17) is 16.3 Å². The van der Waals surface area contributed by atoms with Gasteiger partial charge in [-0.05, 0) is 24.1 Å². The van der Waals surface area contributed by atoms with Crippen LogP contribution < -0.4 is 10.0 Å². The van der Waals surface area contributed by atoms with Gasteiger partial charge in [-0.1, -0.05) is 31.5 Å². The van der Waals surface area contributed by atoms with Gasteiger partial charge in [-0.25, -0.2) is 13.2 Å². The van der Waals surface area contributed by atoms with E-state index in [0.717, 1.165) is 4.90 Å². The van der Waals surface area contributed by atoms with Crippen LogP contribution in [0.4, 0.5) is 4.79 Å². The molecule has 11 heteroatoms. The fraction of sp³-hybridized carbons (Fsp3) is 0.438. The van der Waals surface area contributed by atoms with Gasteiger partial charge in [0.25, 0.3) is 5.91 Å². The summed E-state index contributed by atoms with van der Waals surface area (Å²) >= 11 is 5.81. The Bertz CT molecular complexity index is 842. The first-order valence-electron chi connectivity index (χ1n) is 8.14. The molecule has 1 aliphatic rings. The molecule has 0 aromatic heterocycles. The normalized spacial score (nSPS) is 15.6. The van der Waals surface area contributed by atoms with Gasteiger partial charge < -0.3 is 10.1 Å². The first kappa shape index (κ1) is 21.1. The largest absolute Gasteiger partial charge is 0.454 e. The summed E-state index contributed by atoms with van der Waals surface area (Å²) in [5.74, 6) is -2.04. The standard InChI is InChI=1S/C16H20ClN3O6S/c1-10(2)14(19-27(24,25)12-5-3-4-11(17)8-12)15(22)26-9-13(21)20-7-6-18-16(20)23/h3-5,8,10,14,19H,6-7,9H2,1-2H3,(H,18,23)/t14-/m0/s1. The van der Waals surface area contributed by atoms with Gasteiger partial charge in [0.1, 0.15) is 6.04 Å². The highest BCUT2D eigenvalue weighted by atomic mass is 35.5. The summed E-state index contributed by atoms with van der Waals surface area (Å²) < 4.78 is 32.2. The van der Waals surface area contributed by atoms with Gasteiger partial charge in [0.05, 0.1) is 4.90 Å². The number of carbonyl (C=O) groups excluding carboxylic acids is 3. The number of nitrogens with zero attached hydrogens (tertiary/aromatic N) is 1. The number of hydrogen-bond donors (Lipinski definition) is 2. The molecule has 1 heterocycles. The Hall–Kier alpha value is -2.17. The summed E-state index contributed by atoms with van der Waals surface area (Å²) in [7, 11) is -4.03. The quantitative estimate of drug-likeness (QED) is 0.631. The summed E-state index contributed by atoms with van der Waals surface area (Å²) in [5.41, 5.74) is 0. The van der Waals surface area contributed by atoms with Crippen LogP contribution in [0.5, 0.6) is 0 Å². The zero-order valence-corrected chi connectivity index (χ0v) is 16.3. The molecule has 1 saturated heterocycles. The molecular formula is C16H20ClN3O6S. The third-order valence-corrected chi connectivity index (χ3v) is 5.48. The van der Waals surface area contributed by atoms with Crippen LogP contribution in [0.25, 0.3) is 0 Å². The molecule has 0 unspecified atom stereocenters. The third kappa shape index (κ3) is 5.41. The van der Waals surface area contributed by atoms with Gasteiger partial charge >= 0.3 is 12.0 Å². The van der Waals surface area contributed by atoms with Gasteiger partial charge in [-0.3, -0.25) is 14.5 Å². The van der Waals surface area contributed by atoms with Crippen LogP contribution in [-0.4, -0.2) is 57.0 Å². The molecule has 3 amide bonds. The van der Waals surface area contributed by atoms with Gasteiger partial charge in [0, 0.05) is 18.1 Å². The Morgan fingerprint density at radius 1 is 1.37 bits per heavy atom. The Balaban J connectivity index is 2.04. The summed E-state index contributed by atoms with van der Waals surface area (Å²) in [6, 6.07) is 3.82. The molecular weight excluding hydrogens is 398 g/mol. The maximum absolute atomic E-state index is 12.5. The third-order valence-electron chi connectivity index (χ3n) is 3.80. The zero-order chi connectivity index (χ0) is 20.2. The van der Waals surface area contributed by atoms with E-state index < -0.39 is 46.5 Å². The molecule has 1 aromatic carbocycles. The molecule has 9 nitrogen and oxygen atoms in total. The van der Waals surface area contributed by atoms with E-state index in [-0.39, 0.29) is 16.5 Å². The number of imide groups is 1. The van der Waals surface area contributed by atoms with Crippen LogP contribution in [0.2, 0.25) is 5.02 Å². The monoisotopic (exact) mass is 417 g/mol. The molecule has 2 N–H and O–H groups in total. The number of amides is 3. The number of carbonyl (C=O) groups is 3. The van der Waals surface area contributed by atoms with E-state index in [2.05, 4.69) is 10.0 Å². The van der Waals surface area contributed by atoms with Gasteiger partial charge in [0.15, 0.2) is 6.61 Å². The van der Waals surface area contributed by atoms with Crippen LogP contribution in [0, 0.1) is 5.92 Å². The first-order valence-corrected chi connectivity index (χ1v) is 10.0. The lowest BCUT2D eigenvalue weighted by atomic mass is 10.1. The number of sulfonamides is 1. The van der Waals surface area contributed by atoms with Crippen molar-refractivity contribution < 1.29 is 27.5 Å². The number of ether oxygens (including phenoxy) is 1. The van der Waals surface area contributed by atoms with Crippen molar-refractivity contribution in [2.75, 3.05) is 19.7 Å². The Morgan fingerprint density at radius 2 is 2.07 bits per heavy atom. The maximum atomic E-state index is 12.5. The van der Waals surface area contributed by atoms with Gasteiger partial charge in [-0.2, -0.15) is 4.72 Å². The average molecular weight is 418 g/mol. The second-order valence-electron chi connectivity index (χ2n) is 6.19. The molecule has 1 aromatic rings. The highest BCUT2D eigenvalue weighted by Crippen LogP contribution is 2.17. The lowest BCUT2D eigenvalue weighted by Gasteiger charge is -2.21. The molecule has 0 bridgehead atoms. The molecule has 1 atom stereocenters. The number of nitrogens with one attached hydrogen (secondary N) is 2. The zero-order valence-electron chi connectivity index (χ0n) is 14.8. The van der Waals surface area contributed by atoms with Crippen LogP contribution in [-0.2, 0) is 24.3 Å². The number of halogens is 1. The number of esters is 1. The van der Waals surface area contributed by atoms with E-state index in [0.29, 0.717) is 6.54 Å². The van der Waals surface area contributed by atoms with Gasteiger partial charge in [0.2, 0.25) is 10.0 Å². The lowest BCUT2D eigenvalue weighted by molar-refractivity contribution is -0.153. The first-order chi connectivity index (χ1) is 12.6. The van der Waals surface area contributed by atoms with E-state index in [1.54, 1.807) is 13.8 Å². The van der Waals surface area contributed by atoms with Crippen molar-refractivity contribution in [2.45, 2.75) is 24.8 Å². The lowest BCUT2D eigenvalue weighted by Crippen LogP contribution is -2.46. The van der Waals surface area contributed by atoms with Crippen LogP contribution in [0.1, 0.15) is 13.8 Å². The average Bonchev–Trinajstić information content (AvgIpc) is 3.03. The van der Waals surface area contributed by atoms with E-state index in [1.807, 2.05) is 0 Å². The summed E-state index contributed by atoms with van der Waals surface area (Å²) in [6.07, 6.45) is 0. The number of benzene rings is 1. The minimum absolute atomic E-state index is 0.0988. The van der Waals surface area contributed by atoms with Crippen molar-refractivity contribution in [3.05, 3.63) is 29.3 Å². The van der Waals surface area contributed by atoms with Crippen molar-refractivity contribution in [2.24, 2.45) is 5.92 Å². The van der Waals surface area contributed by atoms with E-state index >= 15 is 0 Å². The highest BCUT2D eigenvalue weighted by Gasteiger charge is 2.32. The SMILES string of the molecule is CC(C)[C@H](NS(=O)(=O)c1cccc(Cl)c1)C(=O)OCC(=O)N1CCNC1=O. The molecule has 27 heavy (non-hydrogen) atoms. The minimum Gasteiger partial charge on any atom is -0.454 e. The summed E-state index contributed by atoms with van der Waals surface area (Å²) in [4.78, 5) is 36.5. The predicted molar refractivity (Wildman–Crippen MR) is 96.5 cm³/mol. The van der Waals surface area contributed by atoms with Crippen molar-refractivity contribution in [3.63, 3.8) is 0 Å². The number of rotatable bonds is 7. The fourth-order valence-electron chi connectivity index (χ4n) is 2.34. The fourth-order valence-corrected chi connectivity index (χ4v) is 3.97. The molecule has 1 fully saturated rings. The Morgan fingerprint density at radius 3 is 2.63 bits per heavy atom. The Kier molecular flexibility index (Phi) is 6.79. The van der Waals surface area contributed by atoms with Crippen LogP contribution in [0.3, 0.4) is 0 Å². The predicted octanol–water partition coefficient (Wildman–Crippen LogP) is 0.738. The smallest absolute Gasteiger partial charge is 0.324 e. The summed E-state index contributed by atoms with van der Waals surface area (Å²) in [5, 5.41) is 2.69. The van der Waals surface area contributed by atoms with Crippen LogP contribution in [0.15, 0.2) is 29.2 Å². The molecule has 0 saturated carbocycles. The van der Waals surface area contributed by atoms with Crippen molar-refractivity contribution in [1.29, 1.82) is 0 Å². The molecule has 0 radical (unpaired) electrons. The van der Waals surface area contributed by atoms with Crippen LogP contribution >= 0.6 is 11.6 Å². The highest BCUT2D eigenvalue weighted by molar-refractivity contribution is 7.89. The van der Waals surface area contributed by atoms with E-state index in [1.165, 1.54) is 24.3 Å². The number of hydrogen-bond acceptors (Lipinski definition) is 6. The summed E-state index contributed by atoms with van der Waals surface area (Å²) in [6.45, 7) is 3.11. The topological polar surface area (TPSA) is 122 Å². The molecule has 0 spiro atoms. The second kappa shape index (κ2) is 8.68. The van der Waals surface area contributed by atoms with Crippen molar-refractivity contribution in [1.82, 2.24) is 14.9 Å². The molecule has 148 valence electrons. The molecule has 0 aliphatic carbocycles. The minimum atomic E-state index is -4.03. The van der Waals surface area contributed by atoms with E-state index in [9.17, 15) is 22.8 Å².